The van der Waals surface area contributed by atoms with Gasteiger partial charge >= 0.3 is 0 Å². The van der Waals surface area contributed by atoms with Crippen LogP contribution in [0.4, 0.5) is 5.69 Å². The number of nitrogens with zero attached hydrogens (tertiary/aromatic N) is 1. The zero-order valence-electron chi connectivity index (χ0n) is 9.36. The Balaban J connectivity index is 2.11. The normalized spacial score (nSPS) is 10.6. The Kier molecular flexibility index (Phi) is 3.19. The Labute approximate surface area is 99.1 Å². The third-order valence-corrected chi connectivity index (χ3v) is 3.58. The highest BCUT2D eigenvalue weighted by molar-refractivity contribution is 7.98. The van der Waals surface area contributed by atoms with Crippen LogP contribution in [0.2, 0.25) is 0 Å². The van der Waals surface area contributed by atoms with Gasteiger partial charge in [0.15, 0.2) is 6.39 Å². The largest absolute Gasteiger partial charge is 0.448 e. The van der Waals surface area contributed by atoms with Crippen molar-refractivity contribution in [1.29, 1.82) is 0 Å². The molecule has 0 unspecified atom stereocenters. The second-order valence-electron chi connectivity index (χ2n) is 3.63. The third-order valence-electron chi connectivity index (χ3n) is 2.49. The number of nitrogen functional groups attached to an aromatic ring is 1. The smallest absolute Gasteiger partial charge is 0.181 e. The minimum Gasteiger partial charge on any atom is -0.448 e. The Morgan fingerprint density at radius 1 is 1.38 bits per heavy atom. The highest BCUT2D eigenvalue weighted by Gasteiger charge is 2.06. The highest BCUT2D eigenvalue weighted by Crippen LogP contribution is 2.30. The number of hydrogen-bond donors (Lipinski definition) is 1. The van der Waals surface area contributed by atoms with Gasteiger partial charge in [0, 0.05) is 16.3 Å². The molecule has 84 valence electrons. The van der Waals surface area contributed by atoms with Crippen LogP contribution >= 0.6 is 11.8 Å². The van der Waals surface area contributed by atoms with E-state index >= 15 is 0 Å². The minimum absolute atomic E-state index is 0.788. The molecular weight excluding hydrogens is 220 g/mol. The van der Waals surface area contributed by atoms with Crippen molar-refractivity contribution in [3.8, 4) is 0 Å². The van der Waals surface area contributed by atoms with E-state index in [9.17, 15) is 0 Å². The van der Waals surface area contributed by atoms with Gasteiger partial charge in [-0.2, -0.15) is 0 Å². The summed E-state index contributed by atoms with van der Waals surface area (Å²) in [6.07, 6.45) is 1.48. The number of aromatic nitrogens is 1. The topological polar surface area (TPSA) is 52.0 Å². The van der Waals surface area contributed by atoms with Crippen molar-refractivity contribution < 1.29 is 4.42 Å². The standard InChI is InChI=1S/C12H14N2OS/c1-8-4-3-5-11(12(8)13)16-6-10-9(2)15-7-14-10/h3-5,7H,6,13H2,1-2H3. The number of rotatable bonds is 3. The summed E-state index contributed by atoms with van der Waals surface area (Å²) in [5.74, 6) is 1.66. The number of para-hydroxylation sites is 1. The zero-order chi connectivity index (χ0) is 11.5. The zero-order valence-corrected chi connectivity index (χ0v) is 10.2. The molecule has 2 aromatic rings. The van der Waals surface area contributed by atoms with E-state index in [2.05, 4.69) is 4.98 Å². The lowest BCUT2D eigenvalue weighted by Crippen LogP contribution is -1.92. The van der Waals surface area contributed by atoms with Gasteiger partial charge in [0.05, 0.1) is 5.69 Å². The van der Waals surface area contributed by atoms with Crippen LogP contribution in [0.25, 0.3) is 0 Å². The minimum atomic E-state index is 0.788. The molecule has 1 aromatic carbocycles. The first kappa shape index (κ1) is 11.1. The summed E-state index contributed by atoms with van der Waals surface area (Å²) in [6.45, 7) is 3.93. The van der Waals surface area contributed by atoms with E-state index in [0.717, 1.165) is 33.4 Å². The Morgan fingerprint density at radius 3 is 2.88 bits per heavy atom. The van der Waals surface area contributed by atoms with Crippen molar-refractivity contribution in [2.24, 2.45) is 0 Å². The van der Waals surface area contributed by atoms with E-state index in [1.165, 1.54) is 6.39 Å². The predicted octanol–water partition coefficient (Wildman–Crippen LogP) is 3.17. The summed E-state index contributed by atoms with van der Waals surface area (Å²) in [4.78, 5) is 5.25. The van der Waals surface area contributed by atoms with Crippen LogP contribution in [0.3, 0.4) is 0 Å². The van der Waals surface area contributed by atoms with Gasteiger partial charge in [0.2, 0.25) is 0 Å². The highest BCUT2D eigenvalue weighted by atomic mass is 32.2. The van der Waals surface area contributed by atoms with Crippen molar-refractivity contribution in [2.45, 2.75) is 24.5 Å². The van der Waals surface area contributed by atoms with Gasteiger partial charge in [-0.1, -0.05) is 12.1 Å². The molecule has 16 heavy (non-hydrogen) atoms. The van der Waals surface area contributed by atoms with Crippen LogP contribution in [0, 0.1) is 13.8 Å². The molecule has 0 amide bonds. The van der Waals surface area contributed by atoms with Crippen molar-refractivity contribution in [2.75, 3.05) is 5.73 Å². The molecule has 0 saturated carbocycles. The van der Waals surface area contributed by atoms with Gasteiger partial charge in [-0.15, -0.1) is 11.8 Å². The molecule has 0 radical (unpaired) electrons. The van der Waals surface area contributed by atoms with Crippen molar-refractivity contribution in [3.63, 3.8) is 0 Å². The van der Waals surface area contributed by atoms with Gasteiger partial charge in [-0.3, -0.25) is 0 Å². The molecule has 0 spiro atoms. The molecule has 0 fully saturated rings. The lowest BCUT2D eigenvalue weighted by Gasteiger charge is -2.06. The number of benzene rings is 1. The average Bonchev–Trinajstić information content (AvgIpc) is 2.67. The number of nitrogens with two attached hydrogens (primary N) is 1. The molecular formula is C12H14N2OS. The molecule has 0 bridgehead atoms. The van der Waals surface area contributed by atoms with E-state index in [0.29, 0.717) is 0 Å². The predicted molar refractivity (Wildman–Crippen MR) is 66.4 cm³/mol. The monoisotopic (exact) mass is 234 g/mol. The van der Waals surface area contributed by atoms with E-state index < -0.39 is 0 Å². The molecule has 2 N–H and O–H groups in total. The molecule has 0 aliphatic carbocycles. The Hall–Kier alpha value is -1.42. The maximum atomic E-state index is 6.00. The van der Waals surface area contributed by atoms with Crippen LogP contribution in [0.15, 0.2) is 33.9 Å². The average molecular weight is 234 g/mol. The van der Waals surface area contributed by atoms with Crippen LogP contribution < -0.4 is 5.73 Å². The fourth-order valence-corrected chi connectivity index (χ4v) is 2.45. The summed E-state index contributed by atoms with van der Waals surface area (Å²) >= 11 is 1.69. The van der Waals surface area contributed by atoms with Gasteiger partial charge in [-0.25, -0.2) is 4.98 Å². The van der Waals surface area contributed by atoms with Crippen LogP contribution in [-0.2, 0) is 5.75 Å². The summed E-state index contributed by atoms with van der Waals surface area (Å²) in [5.41, 5.74) is 8.94. The van der Waals surface area contributed by atoms with Crippen LogP contribution in [-0.4, -0.2) is 4.98 Å². The SMILES string of the molecule is Cc1cccc(SCc2ncoc2C)c1N. The Bertz CT molecular complexity index is 494. The molecule has 3 nitrogen and oxygen atoms in total. The first-order valence-corrected chi connectivity index (χ1v) is 6.04. The molecule has 0 saturated heterocycles. The van der Waals surface area contributed by atoms with Crippen LogP contribution in [0.5, 0.6) is 0 Å². The van der Waals surface area contributed by atoms with Crippen molar-refractivity contribution in [3.05, 3.63) is 41.6 Å². The van der Waals surface area contributed by atoms with E-state index in [4.69, 9.17) is 10.2 Å². The first-order chi connectivity index (χ1) is 7.68. The molecule has 0 atom stereocenters. The number of thioether (sulfide) groups is 1. The van der Waals surface area contributed by atoms with Gasteiger partial charge < -0.3 is 10.2 Å². The summed E-state index contributed by atoms with van der Waals surface area (Å²) < 4.78 is 5.15. The van der Waals surface area contributed by atoms with Crippen LogP contribution in [0.1, 0.15) is 17.0 Å². The summed E-state index contributed by atoms with van der Waals surface area (Å²) in [6, 6.07) is 6.06. The first-order valence-electron chi connectivity index (χ1n) is 5.05. The van der Waals surface area contributed by atoms with E-state index in [1.807, 2.05) is 32.0 Å². The number of anilines is 1. The molecule has 1 aromatic heterocycles. The van der Waals surface area contributed by atoms with Gasteiger partial charge in [0.1, 0.15) is 5.76 Å². The van der Waals surface area contributed by atoms with Gasteiger partial charge in [0.25, 0.3) is 0 Å². The fraction of sp³-hybridized carbons (Fsp3) is 0.250. The fourth-order valence-electron chi connectivity index (χ4n) is 1.39. The number of aryl methyl sites for hydroxylation is 2. The lowest BCUT2D eigenvalue weighted by molar-refractivity contribution is 0.525. The number of oxazole rings is 1. The molecule has 0 aliphatic heterocycles. The molecule has 2 rings (SSSR count). The lowest BCUT2D eigenvalue weighted by atomic mass is 10.2. The maximum Gasteiger partial charge on any atom is 0.181 e. The molecule has 4 heteroatoms. The second kappa shape index (κ2) is 4.61. The maximum absolute atomic E-state index is 6.00. The van der Waals surface area contributed by atoms with Crippen molar-refractivity contribution in [1.82, 2.24) is 4.98 Å². The van der Waals surface area contributed by atoms with E-state index in [1.54, 1.807) is 11.8 Å². The second-order valence-corrected chi connectivity index (χ2v) is 4.65. The van der Waals surface area contributed by atoms with Gasteiger partial charge in [-0.05, 0) is 25.5 Å². The van der Waals surface area contributed by atoms with E-state index in [-0.39, 0.29) is 0 Å². The molecule has 0 aliphatic rings. The summed E-state index contributed by atoms with van der Waals surface area (Å²) in [7, 11) is 0. The third kappa shape index (κ3) is 2.22. The number of hydrogen-bond acceptors (Lipinski definition) is 4. The quantitative estimate of drug-likeness (QED) is 0.654. The Morgan fingerprint density at radius 2 is 2.19 bits per heavy atom. The summed E-state index contributed by atoms with van der Waals surface area (Å²) in [5, 5.41) is 0. The van der Waals surface area contributed by atoms with Crippen molar-refractivity contribution >= 4 is 17.4 Å². The molecule has 1 heterocycles.